The number of carboxylic acids is 1. The molecule has 0 aromatic heterocycles. The molecular weight excluding hydrogens is 230 g/mol. The van der Waals surface area contributed by atoms with Crippen LogP contribution in [0.3, 0.4) is 0 Å². The number of nitrogens with one attached hydrogen (secondary N) is 1. The lowest BCUT2D eigenvalue weighted by Crippen LogP contribution is -2.51. The van der Waals surface area contributed by atoms with Crippen LogP contribution in [0, 0.1) is 13.8 Å². The Morgan fingerprint density at radius 1 is 1.33 bits per heavy atom. The van der Waals surface area contributed by atoms with Crippen molar-refractivity contribution in [1.82, 2.24) is 5.32 Å². The number of rotatable bonds is 4. The minimum Gasteiger partial charge on any atom is -0.480 e. The molecule has 1 atom stereocenters. The molecule has 0 aliphatic carbocycles. The first kappa shape index (κ1) is 14.2. The summed E-state index contributed by atoms with van der Waals surface area (Å²) in [6.07, 6.45) is 0.332. The fourth-order valence-corrected chi connectivity index (χ4v) is 1.68. The molecule has 0 spiro atoms. The normalized spacial score (nSPS) is 13.8. The lowest BCUT2D eigenvalue weighted by Gasteiger charge is -2.25. The molecule has 18 heavy (non-hydrogen) atoms. The van der Waals surface area contributed by atoms with E-state index in [9.17, 15) is 9.59 Å². The Kier molecular flexibility index (Phi) is 4.11. The van der Waals surface area contributed by atoms with E-state index in [1.165, 1.54) is 6.92 Å². The van der Waals surface area contributed by atoms with Gasteiger partial charge in [-0.15, -0.1) is 0 Å². The average Bonchev–Trinajstić information content (AvgIpc) is 2.28. The summed E-state index contributed by atoms with van der Waals surface area (Å²) >= 11 is 0. The number of carboxylic acid groups (broad SMARTS) is 1. The molecule has 0 aliphatic rings. The van der Waals surface area contributed by atoms with Crippen molar-refractivity contribution in [2.75, 3.05) is 0 Å². The second-order valence-corrected chi connectivity index (χ2v) is 4.76. The third kappa shape index (κ3) is 2.88. The van der Waals surface area contributed by atoms with Crippen LogP contribution in [0.5, 0.6) is 0 Å². The SMILES string of the molecule is CCC(C)(NC(=O)c1ccc(C)cc1C)C(=O)O. The molecule has 2 N–H and O–H groups in total. The molecule has 1 amide bonds. The van der Waals surface area contributed by atoms with Gasteiger partial charge in [-0.1, -0.05) is 24.6 Å². The number of carbonyl (C=O) groups is 2. The second kappa shape index (κ2) is 5.21. The summed E-state index contributed by atoms with van der Waals surface area (Å²) in [5, 5.41) is 11.7. The summed E-state index contributed by atoms with van der Waals surface area (Å²) < 4.78 is 0. The standard InChI is InChI=1S/C14H19NO3/c1-5-14(4,13(17)18)15-12(16)11-7-6-9(2)8-10(11)3/h6-8H,5H2,1-4H3,(H,15,16)(H,17,18). The first-order valence-electron chi connectivity index (χ1n) is 5.93. The van der Waals surface area contributed by atoms with Gasteiger partial charge in [0.05, 0.1) is 0 Å². The zero-order valence-corrected chi connectivity index (χ0v) is 11.2. The maximum Gasteiger partial charge on any atom is 0.329 e. The van der Waals surface area contributed by atoms with Crippen LogP contribution in [0.2, 0.25) is 0 Å². The summed E-state index contributed by atoms with van der Waals surface area (Å²) in [4.78, 5) is 23.2. The zero-order chi connectivity index (χ0) is 13.9. The van der Waals surface area contributed by atoms with Crippen LogP contribution in [0.15, 0.2) is 18.2 Å². The van der Waals surface area contributed by atoms with Crippen molar-refractivity contribution in [1.29, 1.82) is 0 Å². The average molecular weight is 249 g/mol. The molecule has 98 valence electrons. The maximum absolute atomic E-state index is 12.1. The predicted octanol–water partition coefficient (Wildman–Crippen LogP) is 2.29. The molecule has 0 saturated heterocycles. The van der Waals surface area contributed by atoms with Crippen molar-refractivity contribution >= 4 is 11.9 Å². The van der Waals surface area contributed by atoms with Crippen LogP contribution >= 0.6 is 0 Å². The maximum atomic E-state index is 12.1. The van der Waals surface area contributed by atoms with Gasteiger partial charge in [0.15, 0.2) is 0 Å². The van der Waals surface area contributed by atoms with Crippen molar-refractivity contribution in [3.8, 4) is 0 Å². The molecule has 0 heterocycles. The van der Waals surface area contributed by atoms with E-state index in [-0.39, 0.29) is 5.91 Å². The Bertz CT molecular complexity index is 482. The first-order chi connectivity index (χ1) is 8.30. The number of amides is 1. The van der Waals surface area contributed by atoms with E-state index in [0.29, 0.717) is 12.0 Å². The molecule has 4 heteroatoms. The van der Waals surface area contributed by atoms with Crippen LogP contribution in [0.25, 0.3) is 0 Å². The van der Waals surface area contributed by atoms with Gasteiger partial charge in [0.25, 0.3) is 5.91 Å². The smallest absolute Gasteiger partial charge is 0.329 e. The van der Waals surface area contributed by atoms with Gasteiger partial charge >= 0.3 is 5.97 Å². The monoisotopic (exact) mass is 249 g/mol. The molecule has 1 unspecified atom stereocenters. The molecule has 1 rings (SSSR count). The van der Waals surface area contributed by atoms with Crippen LogP contribution in [0.4, 0.5) is 0 Å². The minimum atomic E-state index is -1.23. The Morgan fingerprint density at radius 2 is 1.94 bits per heavy atom. The van der Waals surface area contributed by atoms with E-state index in [2.05, 4.69) is 5.32 Å². The van der Waals surface area contributed by atoms with Crippen LogP contribution < -0.4 is 5.32 Å². The third-order valence-electron chi connectivity index (χ3n) is 3.20. The summed E-state index contributed by atoms with van der Waals surface area (Å²) in [6, 6.07) is 5.46. The Balaban J connectivity index is 2.98. The van der Waals surface area contributed by atoms with Crippen LogP contribution in [-0.2, 0) is 4.79 Å². The molecule has 0 radical (unpaired) electrons. The highest BCUT2D eigenvalue weighted by Gasteiger charge is 2.33. The largest absolute Gasteiger partial charge is 0.480 e. The van der Waals surface area contributed by atoms with Crippen molar-refractivity contribution in [3.63, 3.8) is 0 Å². The molecular formula is C14H19NO3. The number of benzene rings is 1. The number of hydrogen-bond acceptors (Lipinski definition) is 2. The molecule has 1 aromatic carbocycles. The highest BCUT2D eigenvalue weighted by atomic mass is 16.4. The van der Waals surface area contributed by atoms with Gasteiger partial charge in [-0.05, 0) is 38.8 Å². The van der Waals surface area contributed by atoms with E-state index in [0.717, 1.165) is 11.1 Å². The summed E-state index contributed by atoms with van der Waals surface area (Å²) in [6.45, 7) is 7.03. The number of hydrogen-bond donors (Lipinski definition) is 2. The van der Waals surface area contributed by atoms with Gasteiger partial charge in [-0.25, -0.2) is 4.79 Å². The fraction of sp³-hybridized carbons (Fsp3) is 0.429. The summed E-state index contributed by atoms with van der Waals surface area (Å²) in [5.41, 5.74) is 1.20. The van der Waals surface area contributed by atoms with Crippen molar-refractivity contribution in [2.24, 2.45) is 0 Å². The molecule has 0 bridgehead atoms. The van der Waals surface area contributed by atoms with Crippen molar-refractivity contribution in [3.05, 3.63) is 34.9 Å². The van der Waals surface area contributed by atoms with Gasteiger partial charge < -0.3 is 10.4 Å². The Hall–Kier alpha value is -1.84. The number of aliphatic carboxylic acids is 1. The van der Waals surface area contributed by atoms with E-state index in [1.807, 2.05) is 26.0 Å². The lowest BCUT2D eigenvalue weighted by atomic mass is 9.97. The first-order valence-corrected chi connectivity index (χ1v) is 5.93. The van der Waals surface area contributed by atoms with Gasteiger partial charge in [-0.2, -0.15) is 0 Å². The number of aryl methyl sites for hydroxylation is 2. The summed E-state index contributed by atoms with van der Waals surface area (Å²) in [5.74, 6) is -1.37. The van der Waals surface area contributed by atoms with E-state index < -0.39 is 11.5 Å². The third-order valence-corrected chi connectivity index (χ3v) is 3.20. The van der Waals surface area contributed by atoms with E-state index in [1.54, 1.807) is 13.0 Å². The van der Waals surface area contributed by atoms with Gasteiger partial charge in [0, 0.05) is 5.56 Å². The Morgan fingerprint density at radius 3 is 2.39 bits per heavy atom. The van der Waals surface area contributed by atoms with Crippen molar-refractivity contribution < 1.29 is 14.7 Å². The van der Waals surface area contributed by atoms with Crippen LogP contribution in [-0.4, -0.2) is 22.5 Å². The van der Waals surface area contributed by atoms with Gasteiger partial charge in [0.1, 0.15) is 5.54 Å². The zero-order valence-electron chi connectivity index (χ0n) is 11.2. The lowest BCUT2D eigenvalue weighted by molar-refractivity contribution is -0.143. The van der Waals surface area contributed by atoms with Crippen LogP contribution in [0.1, 0.15) is 41.8 Å². The van der Waals surface area contributed by atoms with E-state index >= 15 is 0 Å². The molecule has 0 saturated carbocycles. The summed E-state index contributed by atoms with van der Waals surface area (Å²) in [7, 11) is 0. The quantitative estimate of drug-likeness (QED) is 0.860. The van der Waals surface area contributed by atoms with Crippen molar-refractivity contribution in [2.45, 2.75) is 39.7 Å². The molecule has 4 nitrogen and oxygen atoms in total. The van der Waals surface area contributed by atoms with Gasteiger partial charge in [0.2, 0.25) is 0 Å². The van der Waals surface area contributed by atoms with E-state index in [4.69, 9.17) is 5.11 Å². The minimum absolute atomic E-state index is 0.332. The topological polar surface area (TPSA) is 66.4 Å². The molecule has 0 fully saturated rings. The highest BCUT2D eigenvalue weighted by molar-refractivity contribution is 5.98. The molecule has 0 aliphatic heterocycles. The fourth-order valence-electron chi connectivity index (χ4n) is 1.68. The highest BCUT2D eigenvalue weighted by Crippen LogP contribution is 2.14. The second-order valence-electron chi connectivity index (χ2n) is 4.76. The van der Waals surface area contributed by atoms with Gasteiger partial charge in [-0.3, -0.25) is 4.79 Å². The predicted molar refractivity (Wildman–Crippen MR) is 69.7 cm³/mol. The number of carbonyl (C=O) groups excluding carboxylic acids is 1. The molecule has 1 aromatic rings. The Labute approximate surface area is 107 Å².